The molecule has 0 atom stereocenters. The molecule has 1 heterocycles. The van der Waals surface area contributed by atoms with Gasteiger partial charge in [0.05, 0.1) is 17.8 Å². The molecule has 2 rings (SSSR count). The van der Waals surface area contributed by atoms with E-state index in [1.54, 1.807) is 24.3 Å². The first-order valence-electron chi connectivity index (χ1n) is 5.48. The van der Waals surface area contributed by atoms with Gasteiger partial charge in [0.25, 0.3) is 5.91 Å². The van der Waals surface area contributed by atoms with Crippen LogP contribution in [0.2, 0.25) is 0 Å². The molecule has 20 heavy (non-hydrogen) atoms. The topological polar surface area (TPSA) is 116 Å². The van der Waals surface area contributed by atoms with Crippen molar-refractivity contribution in [1.82, 2.24) is 15.2 Å². The van der Waals surface area contributed by atoms with E-state index in [1.165, 1.54) is 10.9 Å². The number of hydrogen-bond donors (Lipinski definition) is 2. The highest BCUT2D eigenvalue weighted by Gasteiger charge is 2.18. The maximum absolute atomic E-state index is 11.3. The molecule has 0 saturated carbocycles. The second kappa shape index (κ2) is 5.80. The Morgan fingerprint density at radius 2 is 2.10 bits per heavy atom. The van der Waals surface area contributed by atoms with Gasteiger partial charge in [-0.25, -0.2) is 5.84 Å². The number of nitrogens with one attached hydrogen (secondary N) is 1. The summed E-state index contributed by atoms with van der Waals surface area (Å²) in [6.45, 7) is 0.358. The average molecular weight is 340 g/mol. The minimum Gasteiger partial charge on any atom is -0.358 e. The fourth-order valence-corrected chi connectivity index (χ4v) is 2.08. The predicted molar refractivity (Wildman–Crippen MR) is 73.8 cm³/mol. The minimum absolute atomic E-state index is 0.232. The standard InChI is InChI=1S/C11H10BrN5O3/c12-9-6-16(15-10(9)17(19)20)5-7-1-3-8(4-2-7)11(18)14-13/h1-4,6H,5,13H2,(H,14,18). The van der Waals surface area contributed by atoms with Gasteiger partial charge in [0, 0.05) is 5.56 Å². The van der Waals surface area contributed by atoms with E-state index in [1.807, 2.05) is 5.43 Å². The van der Waals surface area contributed by atoms with Gasteiger partial charge in [-0.05, 0) is 38.5 Å². The van der Waals surface area contributed by atoms with Crippen LogP contribution in [-0.2, 0) is 6.54 Å². The number of hydrazine groups is 1. The number of hydrogen-bond acceptors (Lipinski definition) is 5. The van der Waals surface area contributed by atoms with Gasteiger partial charge < -0.3 is 10.1 Å². The molecular weight excluding hydrogens is 330 g/mol. The molecule has 8 nitrogen and oxygen atoms in total. The summed E-state index contributed by atoms with van der Waals surface area (Å²) in [6.07, 6.45) is 1.53. The molecule has 0 aliphatic carbocycles. The van der Waals surface area contributed by atoms with Crippen molar-refractivity contribution >= 4 is 27.7 Å². The third-order valence-corrected chi connectivity index (χ3v) is 3.12. The van der Waals surface area contributed by atoms with E-state index in [2.05, 4.69) is 21.0 Å². The van der Waals surface area contributed by atoms with Crippen LogP contribution in [0.3, 0.4) is 0 Å². The Morgan fingerprint density at radius 3 is 2.60 bits per heavy atom. The van der Waals surface area contributed by atoms with E-state index in [4.69, 9.17) is 5.84 Å². The lowest BCUT2D eigenvalue weighted by atomic mass is 10.1. The Morgan fingerprint density at radius 1 is 1.45 bits per heavy atom. The molecule has 0 bridgehead atoms. The van der Waals surface area contributed by atoms with Crippen LogP contribution in [0.15, 0.2) is 34.9 Å². The molecule has 0 aliphatic rings. The Labute approximate surface area is 121 Å². The second-order valence-electron chi connectivity index (χ2n) is 3.93. The number of carbonyl (C=O) groups excluding carboxylic acids is 1. The molecule has 1 amide bonds. The number of amides is 1. The first-order chi connectivity index (χ1) is 9.51. The molecule has 1 aromatic heterocycles. The number of nitrogens with two attached hydrogens (primary N) is 1. The smallest absolute Gasteiger partial charge is 0.358 e. The zero-order valence-corrected chi connectivity index (χ0v) is 11.7. The van der Waals surface area contributed by atoms with Crippen molar-refractivity contribution in [3.8, 4) is 0 Å². The molecule has 1 aromatic carbocycles. The first kappa shape index (κ1) is 14.2. The SMILES string of the molecule is NNC(=O)c1ccc(Cn2cc(Br)c([N+](=O)[O-])n2)cc1. The highest BCUT2D eigenvalue weighted by molar-refractivity contribution is 9.10. The number of nitro groups is 1. The summed E-state index contributed by atoms with van der Waals surface area (Å²) in [5.74, 6) is 4.42. The molecular formula is C11H10BrN5O3. The van der Waals surface area contributed by atoms with Gasteiger partial charge in [0.2, 0.25) is 0 Å². The van der Waals surface area contributed by atoms with E-state index < -0.39 is 4.92 Å². The Bertz CT molecular complexity index is 653. The van der Waals surface area contributed by atoms with Crippen LogP contribution in [0.4, 0.5) is 5.82 Å². The lowest BCUT2D eigenvalue weighted by Gasteiger charge is -2.01. The highest BCUT2D eigenvalue weighted by atomic mass is 79.9. The predicted octanol–water partition coefficient (Wildman–Crippen LogP) is 1.21. The quantitative estimate of drug-likeness (QED) is 0.376. The zero-order valence-electron chi connectivity index (χ0n) is 10.1. The highest BCUT2D eigenvalue weighted by Crippen LogP contribution is 2.22. The van der Waals surface area contributed by atoms with E-state index in [0.29, 0.717) is 16.6 Å². The molecule has 0 aliphatic heterocycles. The van der Waals surface area contributed by atoms with Crippen molar-refractivity contribution in [2.24, 2.45) is 5.84 Å². The Balaban J connectivity index is 2.16. The van der Waals surface area contributed by atoms with E-state index >= 15 is 0 Å². The number of halogens is 1. The zero-order chi connectivity index (χ0) is 14.7. The van der Waals surface area contributed by atoms with Gasteiger partial charge in [-0.1, -0.05) is 12.1 Å². The monoisotopic (exact) mass is 339 g/mol. The first-order valence-corrected chi connectivity index (χ1v) is 6.28. The fraction of sp³-hybridized carbons (Fsp3) is 0.0909. The van der Waals surface area contributed by atoms with Crippen LogP contribution < -0.4 is 11.3 Å². The van der Waals surface area contributed by atoms with Gasteiger partial charge in [0.15, 0.2) is 0 Å². The van der Waals surface area contributed by atoms with Crippen LogP contribution in [-0.4, -0.2) is 20.6 Å². The van der Waals surface area contributed by atoms with Crippen molar-refractivity contribution in [2.45, 2.75) is 6.54 Å². The molecule has 0 unspecified atom stereocenters. The molecule has 3 N–H and O–H groups in total. The van der Waals surface area contributed by atoms with Crippen molar-refractivity contribution in [3.63, 3.8) is 0 Å². The van der Waals surface area contributed by atoms with Gasteiger partial charge in [-0.2, -0.15) is 4.68 Å². The molecule has 2 aromatic rings. The van der Waals surface area contributed by atoms with E-state index in [9.17, 15) is 14.9 Å². The summed E-state index contributed by atoms with van der Waals surface area (Å²) >= 11 is 3.08. The largest absolute Gasteiger partial charge is 0.404 e. The number of nitrogens with zero attached hydrogens (tertiary/aromatic N) is 3. The third kappa shape index (κ3) is 3.00. The fourth-order valence-electron chi connectivity index (χ4n) is 1.62. The van der Waals surface area contributed by atoms with Crippen LogP contribution in [0.25, 0.3) is 0 Å². The molecule has 0 fully saturated rings. The molecule has 0 spiro atoms. The normalized spacial score (nSPS) is 10.3. The summed E-state index contributed by atoms with van der Waals surface area (Å²) < 4.78 is 1.77. The number of aromatic nitrogens is 2. The summed E-state index contributed by atoms with van der Waals surface area (Å²) in [5.41, 5.74) is 3.32. The molecule has 0 saturated heterocycles. The minimum atomic E-state index is -0.560. The van der Waals surface area contributed by atoms with Crippen molar-refractivity contribution < 1.29 is 9.72 Å². The summed E-state index contributed by atoms with van der Waals surface area (Å²) in [7, 11) is 0. The van der Waals surface area contributed by atoms with Crippen LogP contribution in [0.5, 0.6) is 0 Å². The maximum atomic E-state index is 11.3. The average Bonchev–Trinajstić information content (AvgIpc) is 2.79. The number of nitrogen functional groups attached to an aromatic ring is 1. The van der Waals surface area contributed by atoms with Crippen LogP contribution in [0, 0.1) is 10.1 Å². The van der Waals surface area contributed by atoms with Crippen molar-refractivity contribution in [3.05, 3.63) is 56.2 Å². The maximum Gasteiger partial charge on any atom is 0.404 e. The molecule has 9 heteroatoms. The van der Waals surface area contributed by atoms with Gasteiger partial charge >= 0.3 is 5.82 Å². The second-order valence-corrected chi connectivity index (χ2v) is 4.78. The summed E-state index contributed by atoms with van der Waals surface area (Å²) in [6, 6.07) is 6.69. The summed E-state index contributed by atoms with van der Waals surface area (Å²) in [5, 5.41) is 14.5. The van der Waals surface area contributed by atoms with Crippen molar-refractivity contribution in [2.75, 3.05) is 0 Å². The van der Waals surface area contributed by atoms with Gasteiger partial charge in [-0.15, -0.1) is 0 Å². The number of carbonyl (C=O) groups is 1. The van der Waals surface area contributed by atoms with Crippen LogP contribution >= 0.6 is 15.9 Å². The number of benzene rings is 1. The Kier molecular flexibility index (Phi) is 4.11. The third-order valence-electron chi connectivity index (χ3n) is 2.56. The van der Waals surface area contributed by atoms with Gasteiger partial charge in [-0.3, -0.25) is 10.2 Å². The summed E-state index contributed by atoms with van der Waals surface area (Å²) in [4.78, 5) is 21.4. The van der Waals surface area contributed by atoms with Crippen molar-refractivity contribution in [1.29, 1.82) is 0 Å². The lowest BCUT2D eigenvalue weighted by molar-refractivity contribution is -0.390. The Hall–Kier alpha value is -2.26. The van der Waals surface area contributed by atoms with E-state index in [0.717, 1.165) is 5.56 Å². The lowest BCUT2D eigenvalue weighted by Crippen LogP contribution is -2.29. The van der Waals surface area contributed by atoms with Crippen LogP contribution in [0.1, 0.15) is 15.9 Å². The van der Waals surface area contributed by atoms with E-state index in [-0.39, 0.29) is 11.7 Å². The molecule has 104 valence electrons. The van der Waals surface area contributed by atoms with Gasteiger partial charge in [0.1, 0.15) is 4.47 Å². The number of rotatable bonds is 4. The molecule has 0 radical (unpaired) electrons.